The predicted molar refractivity (Wildman–Crippen MR) is 109 cm³/mol. The van der Waals surface area contributed by atoms with Crippen LogP contribution in [0.5, 0.6) is 11.5 Å². The van der Waals surface area contributed by atoms with Crippen molar-refractivity contribution in [2.75, 3.05) is 18.5 Å². The van der Waals surface area contributed by atoms with Crippen LogP contribution >= 0.6 is 0 Å². The average Bonchev–Trinajstić information content (AvgIpc) is 2.67. The number of hydrogen-bond acceptors (Lipinski definition) is 7. The Labute approximate surface area is 170 Å². The van der Waals surface area contributed by atoms with Crippen molar-refractivity contribution in [1.29, 1.82) is 0 Å². The Morgan fingerprint density at radius 1 is 1.14 bits per heavy atom. The van der Waals surface area contributed by atoms with Gasteiger partial charge in [0.25, 0.3) is 0 Å². The standard InChI is InChI=1S/C20H24N2O6S/c1-3-4-10-22-17-11-15(20(24)27-13-14(2)23)12-18(29(21,25)26)19(17)28-16-8-6-5-7-9-16/h5-9,11-12,22H,3-4,10,13H2,1-2H3,(H2,21,25,26). The molecule has 2 aromatic rings. The number of anilines is 1. The minimum atomic E-state index is -4.23. The number of para-hydroxylation sites is 1. The number of rotatable bonds is 10. The number of carbonyl (C=O) groups excluding carboxylic acids is 2. The van der Waals surface area contributed by atoms with E-state index >= 15 is 0 Å². The molecule has 0 unspecified atom stereocenters. The van der Waals surface area contributed by atoms with E-state index in [1.165, 1.54) is 13.0 Å². The van der Waals surface area contributed by atoms with Gasteiger partial charge in [-0.15, -0.1) is 0 Å². The number of nitrogens with two attached hydrogens (primary N) is 1. The zero-order chi connectivity index (χ0) is 21.4. The number of primary sulfonamides is 1. The second kappa shape index (κ2) is 10.0. The number of hydrogen-bond donors (Lipinski definition) is 2. The van der Waals surface area contributed by atoms with E-state index in [1.807, 2.05) is 6.92 Å². The van der Waals surface area contributed by atoms with Crippen LogP contribution in [0.4, 0.5) is 5.69 Å². The molecule has 8 nitrogen and oxygen atoms in total. The lowest BCUT2D eigenvalue weighted by molar-refractivity contribution is -0.120. The zero-order valence-electron chi connectivity index (χ0n) is 16.3. The molecule has 0 heterocycles. The quantitative estimate of drug-likeness (QED) is 0.447. The van der Waals surface area contributed by atoms with Gasteiger partial charge in [0, 0.05) is 6.54 Å². The van der Waals surface area contributed by atoms with Gasteiger partial charge in [0.05, 0.1) is 11.3 Å². The summed E-state index contributed by atoms with van der Waals surface area (Å²) in [5.74, 6) is -0.786. The van der Waals surface area contributed by atoms with E-state index in [0.29, 0.717) is 12.3 Å². The number of nitrogens with one attached hydrogen (secondary N) is 1. The second-order valence-corrected chi connectivity index (χ2v) is 7.90. The highest BCUT2D eigenvalue weighted by molar-refractivity contribution is 7.89. The van der Waals surface area contributed by atoms with Crippen molar-refractivity contribution in [3.05, 3.63) is 48.0 Å². The van der Waals surface area contributed by atoms with Crippen LogP contribution in [0.3, 0.4) is 0 Å². The molecular weight excluding hydrogens is 396 g/mol. The number of benzene rings is 2. The first-order valence-corrected chi connectivity index (χ1v) is 10.6. The Morgan fingerprint density at radius 2 is 1.83 bits per heavy atom. The van der Waals surface area contributed by atoms with Crippen LogP contribution < -0.4 is 15.2 Å². The number of sulfonamides is 1. The van der Waals surface area contributed by atoms with Crippen molar-refractivity contribution in [3.8, 4) is 11.5 Å². The van der Waals surface area contributed by atoms with Crippen molar-refractivity contribution >= 4 is 27.5 Å². The molecule has 2 aromatic carbocycles. The molecule has 9 heteroatoms. The predicted octanol–water partition coefficient (Wildman–Crippen LogP) is 3.08. The first-order valence-electron chi connectivity index (χ1n) is 9.06. The van der Waals surface area contributed by atoms with E-state index in [9.17, 15) is 18.0 Å². The molecule has 0 saturated carbocycles. The minimum absolute atomic E-state index is 0.0158. The number of carbonyl (C=O) groups is 2. The molecule has 0 spiro atoms. The summed E-state index contributed by atoms with van der Waals surface area (Å²) in [6.07, 6.45) is 1.72. The highest BCUT2D eigenvalue weighted by Gasteiger charge is 2.24. The molecule has 0 aromatic heterocycles. The van der Waals surface area contributed by atoms with E-state index in [4.69, 9.17) is 14.6 Å². The van der Waals surface area contributed by atoms with Gasteiger partial charge in [0.15, 0.2) is 11.5 Å². The third-order valence-corrected chi connectivity index (χ3v) is 4.73. The fourth-order valence-corrected chi connectivity index (χ4v) is 3.13. The molecule has 0 fully saturated rings. The lowest BCUT2D eigenvalue weighted by Crippen LogP contribution is -2.17. The summed E-state index contributed by atoms with van der Waals surface area (Å²) in [7, 11) is -4.23. The van der Waals surface area contributed by atoms with Gasteiger partial charge >= 0.3 is 5.97 Å². The molecule has 0 aliphatic rings. The zero-order valence-corrected chi connectivity index (χ0v) is 17.1. The average molecular weight is 420 g/mol. The number of unbranched alkanes of at least 4 members (excludes halogenated alkanes) is 1. The molecule has 2 rings (SSSR count). The highest BCUT2D eigenvalue weighted by atomic mass is 32.2. The van der Waals surface area contributed by atoms with Crippen LogP contribution in [0.25, 0.3) is 0 Å². The minimum Gasteiger partial charge on any atom is -0.454 e. The number of ether oxygens (including phenoxy) is 2. The maximum absolute atomic E-state index is 12.3. The van der Waals surface area contributed by atoms with E-state index in [2.05, 4.69) is 5.32 Å². The lowest BCUT2D eigenvalue weighted by atomic mass is 10.1. The van der Waals surface area contributed by atoms with Gasteiger partial charge in [-0.2, -0.15) is 0 Å². The fourth-order valence-electron chi connectivity index (χ4n) is 2.42. The lowest BCUT2D eigenvalue weighted by Gasteiger charge is -2.17. The molecule has 0 bridgehead atoms. The van der Waals surface area contributed by atoms with Gasteiger partial charge < -0.3 is 14.8 Å². The Bertz CT molecular complexity index is 974. The summed E-state index contributed by atoms with van der Waals surface area (Å²) in [6, 6.07) is 11.1. The summed E-state index contributed by atoms with van der Waals surface area (Å²) >= 11 is 0. The Hall–Kier alpha value is -2.91. The van der Waals surface area contributed by atoms with Crippen LogP contribution in [0.15, 0.2) is 47.4 Å². The maximum Gasteiger partial charge on any atom is 0.338 e. The van der Waals surface area contributed by atoms with Crippen molar-refractivity contribution in [2.24, 2.45) is 5.14 Å². The van der Waals surface area contributed by atoms with Gasteiger partial charge in [-0.3, -0.25) is 4.79 Å². The summed E-state index contributed by atoms with van der Waals surface area (Å²) in [5.41, 5.74) is 0.221. The Morgan fingerprint density at radius 3 is 2.41 bits per heavy atom. The topological polar surface area (TPSA) is 125 Å². The summed E-state index contributed by atoms with van der Waals surface area (Å²) in [4.78, 5) is 23.0. The van der Waals surface area contributed by atoms with Gasteiger partial charge in [-0.1, -0.05) is 31.5 Å². The highest BCUT2D eigenvalue weighted by Crippen LogP contribution is 2.37. The third-order valence-electron chi connectivity index (χ3n) is 3.81. The number of Topliss-reactive ketones (excluding diaryl/α,β-unsaturated/α-hetero) is 1. The molecule has 29 heavy (non-hydrogen) atoms. The number of esters is 1. The van der Waals surface area contributed by atoms with Gasteiger partial charge in [0.2, 0.25) is 10.0 Å². The largest absolute Gasteiger partial charge is 0.454 e. The summed E-state index contributed by atoms with van der Waals surface area (Å²) < 4.78 is 35.2. The van der Waals surface area contributed by atoms with Crippen LogP contribution in [0.2, 0.25) is 0 Å². The monoisotopic (exact) mass is 420 g/mol. The van der Waals surface area contributed by atoms with E-state index in [1.54, 1.807) is 30.3 Å². The maximum atomic E-state index is 12.3. The molecule has 3 N–H and O–H groups in total. The van der Waals surface area contributed by atoms with Crippen LogP contribution in [-0.4, -0.2) is 33.3 Å². The van der Waals surface area contributed by atoms with Crippen LogP contribution in [0.1, 0.15) is 37.0 Å². The molecule has 0 radical (unpaired) electrons. The second-order valence-electron chi connectivity index (χ2n) is 6.37. The van der Waals surface area contributed by atoms with Crippen molar-refractivity contribution in [3.63, 3.8) is 0 Å². The molecule has 0 amide bonds. The van der Waals surface area contributed by atoms with E-state index < -0.39 is 22.6 Å². The molecule has 0 atom stereocenters. The summed E-state index contributed by atoms with van der Waals surface area (Å²) in [6.45, 7) is 3.40. The first kappa shape index (κ1) is 22.4. The van der Waals surface area contributed by atoms with Crippen molar-refractivity contribution < 1.29 is 27.5 Å². The molecule has 0 aliphatic carbocycles. The Kier molecular flexibility index (Phi) is 7.74. The molecule has 0 aliphatic heterocycles. The normalized spacial score (nSPS) is 11.0. The van der Waals surface area contributed by atoms with E-state index in [0.717, 1.165) is 18.9 Å². The third kappa shape index (κ3) is 6.58. The first-order chi connectivity index (χ1) is 13.7. The van der Waals surface area contributed by atoms with Gasteiger partial charge in [0.1, 0.15) is 17.3 Å². The fraction of sp³-hybridized carbons (Fsp3) is 0.300. The smallest absolute Gasteiger partial charge is 0.338 e. The van der Waals surface area contributed by atoms with Crippen LogP contribution in [0, 0.1) is 0 Å². The summed E-state index contributed by atoms with van der Waals surface area (Å²) in [5, 5.41) is 8.47. The van der Waals surface area contributed by atoms with E-state index in [-0.39, 0.29) is 27.7 Å². The molecular formula is C20H24N2O6S. The molecule has 0 saturated heterocycles. The SMILES string of the molecule is CCCCNc1cc(C(=O)OCC(C)=O)cc(S(N)(=O)=O)c1Oc1ccccc1. The van der Waals surface area contributed by atoms with Gasteiger partial charge in [-0.25, -0.2) is 18.4 Å². The van der Waals surface area contributed by atoms with Crippen molar-refractivity contribution in [2.45, 2.75) is 31.6 Å². The molecule has 156 valence electrons. The number of ketones is 1. The van der Waals surface area contributed by atoms with Crippen LogP contribution in [-0.2, 0) is 19.6 Å². The Balaban J connectivity index is 2.55. The van der Waals surface area contributed by atoms with Gasteiger partial charge in [-0.05, 0) is 37.6 Å². The van der Waals surface area contributed by atoms with Crippen molar-refractivity contribution in [1.82, 2.24) is 0 Å².